The van der Waals surface area contributed by atoms with E-state index in [2.05, 4.69) is 4.98 Å². The van der Waals surface area contributed by atoms with Crippen LogP contribution < -0.4 is 10.4 Å². The van der Waals surface area contributed by atoms with Crippen LogP contribution in [0.25, 0.3) is 22.3 Å². The van der Waals surface area contributed by atoms with Gasteiger partial charge in [-0.25, -0.2) is 4.79 Å². The van der Waals surface area contributed by atoms with Gasteiger partial charge in [-0.15, -0.1) is 11.3 Å². The Balaban J connectivity index is 1.60. The number of aliphatic hydroxyl groups excluding tert-OH is 2. The second-order valence-corrected chi connectivity index (χ2v) is 9.09. The van der Waals surface area contributed by atoms with Crippen molar-refractivity contribution < 1.29 is 19.7 Å². The standard InChI is InChI=1S/C25H21ClN2O5S/c1-33-22-10-15(9-17(13-29)19(22)14-30)5-6-21(31)16-3-2-4-18(11-16)28-12-20(27-25(28)32)23-7-8-24(26)34-23/h2-12,29-30H,13-14H2,1H3,(H,27,32)/b6-5+. The smallest absolute Gasteiger partial charge is 0.330 e. The molecule has 0 saturated carbocycles. The maximum Gasteiger partial charge on any atom is 0.330 e. The van der Waals surface area contributed by atoms with Crippen LogP contribution in [0.4, 0.5) is 0 Å². The number of thiophene rings is 1. The number of aliphatic hydroxyl groups is 2. The van der Waals surface area contributed by atoms with Crippen LogP contribution in [0.5, 0.6) is 5.75 Å². The molecular formula is C25H21ClN2O5S. The number of rotatable bonds is 8. The number of aromatic nitrogens is 2. The quantitative estimate of drug-likeness (QED) is 0.247. The fourth-order valence-corrected chi connectivity index (χ4v) is 4.58. The number of hydrogen-bond acceptors (Lipinski definition) is 6. The van der Waals surface area contributed by atoms with Gasteiger partial charge in [0, 0.05) is 17.3 Å². The Morgan fingerprint density at radius 1 is 1.18 bits per heavy atom. The predicted octanol–water partition coefficient (Wildman–Crippen LogP) is 4.44. The van der Waals surface area contributed by atoms with Crippen molar-refractivity contribution >= 4 is 34.8 Å². The van der Waals surface area contributed by atoms with Crippen LogP contribution in [0.15, 0.2) is 65.6 Å². The minimum Gasteiger partial charge on any atom is -0.496 e. The highest BCUT2D eigenvalue weighted by atomic mass is 35.5. The molecule has 0 aliphatic rings. The summed E-state index contributed by atoms with van der Waals surface area (Å²) in [7, 11) is 1.47. The average Bonchev–Trinajstić information content (AvgIpc) is 3.47. The monoisotopic (exact) mass is 496 g/mol. The third kappa shape index (κ3) is 4.90. The van der Waals surface area contributed by atoms with Gasteiger partial charge in [-0.05, 0) is 53.6 Å². The number of nitrogens with one attached hydrogen (secondary N) is 1. The molecule has 0 amide bonds. The highest BCUT2D eigenvalue weighted by Crippen LogP contribution is 2.30. The zero-order chi connectivity index (χ0) is 24.2. The van der Waals surface area contributed by atoms with Crippen LogP contribution in [0, 0.1) is 0 Å². The summed E-state index contributed by atoms with van der Waals surface area (Å²) < 4.78 is 7.35. The number of ether oxygens (including phenoxy) is 1. The van der Waals surface area contributed by atoms with E-state index in [1.165, 1.54) is 29.1 Å². The molecule has 4 rings (SSSR count). The summed E-state index contributed by atoms with van der Waals surface area (Å²) in [6.45, 7) is -0.538. The Bertz CT molecular complexity index is 1410. The number of nitrogens with zero attached hydrogens (tertiary/aromatic N) is 1. The van der Waals surface area contributed by atoms with Gasteiger partial charge in [0.15, 0.2) is 5.78 Å². The lowest BCUT2D eigenvalue weighted by Crippen LogP contribution is -2.14. The summed E-state index contributed by atoms with van der Waals surface area (Å²) in [5.74, 6) is 0.171. The van der Waals surface area contributed by atoms with Gasteiger partial charge < -0.3 is 19.9 Å². The average molecular weight is 497 g/mol. The topological polar surface area (TPSA) is 105 Å². The first-order valence-electron chi connectivity index (χ1n) is 10.2. The van der Waals surface area contributed by atoms with Gasteiger partial charge in [0.05, 0.1) is 40.9 Å². The summed E-state index contributed by atoms with van der Waals surface area (Å²) in [6.07, 6.45) is 4.70. The van der Waals surface area contributed by atoms with Gasteiger partial charge in [0.25, 0.3) is 0 Å². The van der Waals surface area contributed by atoms with Gasteiger partial charge in [-0.1, -0.05) is 29.8 Å². The summed E-state index contributed by atoms with van der Waals surface area (Å²) in [5.41, 5.74) is 2.93. The molecule has 0 radical (unpaired) electrons. The van der Waals surface area contributed by atoms with Crippen molar-refractivity contribution in [2.45, 2.75) is 13.2 Å². The van der Waals surface area contributed by atoms with Gasteiger partial charge in [-0.3, -0.25) is 9.36 Å². The molecule has 0 spiro atoms. The van der Waals surface area contributed by atoms with Crippen molar-refractivity contribution in [3.8, 4) is 22.0 Å². The molecule has 34 heavy (non-hydrogen) atoms. The van der Waals surface area contributed by atoms with E-state index < -0.39 is 0 Å². The molecule has 0 saturated heterocycles. The van der Waals surface area contributed by atoms with Crippen molar-refractivity contribution in [2.75, 3.05) is 7.11 Å². The Labute approximate surface area is 204 Å². The molecule has 0 atom stereocenters. The van der Waals surface area contributed by atoms with Crippen LogP contribution in [0.3, 0.4) is 0 Å². The van der Waals surface area contributed by atoms with Gasteiger partial charge in [-0.2, -0.15) is 0 Å². The molecule has 2 aromatic heterocycles. The molecule has 0 fully saturated rings. The van der Waals surface area contributed by atoms with Gasteiger partial charge in [0.1, 0.15) is 5.75 Å². The lowest BCUT2D eigenvalue weighted by molar-refractivity contribution is 0.104. The number of benzene rings is 2. The van der Waals surface area contributed by atoms with Gasteiger partial charge >= 0.3 is 5.69 Å². The van der Waals surface area contributed by atoms with E-state index in [-0.39, 0.29) is 24.7 Å². The maximum absolute atomic E-state index is 12.8. The van der Waals surface area contributed by atoms with Crippen LogP contribution in [-0.2, 0) is 13.2 Å². The molecule has 2 heterocycles. The number of halogens is 1. The molecule has 3 N–H and O–H groups in total. The van der Waals surface area contributed by atoms with E-state index in [9.17, 15) is 19.8 Å². The first-order chi connectivity index (χ1) is 16.4. The number of allylic oxidation sites excluding steroid dienone is 1. The highest BCUT2D eigenvalue weighted by molar-refractivity contribution is 7.19. The lowest BCUT2D eigenvalue weighted by atomic mass is 10.0. The molecule has 2 aromatic carbocycles. The maximum atomic E-state index is 12.8. The number of aromatic amines is 1. The van der Waals surface area contributed by atoms with E-state index in [0.29, 0.717) is 43.7 Å². The largest absolute Gasteiger partial charge is 0.496 e. The van der Waals surface area contributed by atoms with Gasteiger partial charge in [0.2, 0.25) is 0 Å². The van der Waals surface area contributed by atoms with E-state index >= 15 is 0 Å². The van der Waals surface area contributed by atoms with E-state index in [0.717, 1.165) is 4.88 Å². The fourth-order valence-electron chi connectivity index (χ4n) is 3.57. The summed E-state index contributed by atoms with van der Waals surface area (Å²) in [6, 6.07) is 13.7. The second-order valence-electron chi connectivity index (χ2n) is 7.37. The number of methoxy groups -OCH3 is 1. The van der Waals surface area contributed by atoms with E-state index in [1.807, 2.05) is 6.07 Å². The molecular weight excluding hydrogens is 476 g/mol. The Morgan fingerprint density at radius 2 is 2.00 bits per heavy atom. The van der Waals surface area contributed by atoms with Crippen molar-refractivity contribution in [1.29, 1.82) is 0 Å². The van der Waals surface area contributed by atoms with E-state index in [4.69, 9.17) is 16.3 Å². The fraction of sp³-hybridized carbons (Fsp3) is 0.120. The molecule has 174 valence electrons. The normalized spacial score (nSPS) is 11.3. The molecule has 0 bridgehead atoms. The van der Waals surface area contributed by atoms with Crippen LogP contribution in [-0.4, -0.2) is 32.7 Å². The summed E-state index contributed by atoms with van der Waals surface area (Å²) in [4.78, 5) is 29.0. The molecule has 0 aliphatic carbocycles. The van der Waals surface area contributed by atoms with Crippen molar-refractivity contribution in [3.05, 3.63) is 97.9 Å². The minimum absolute atomic E-state index is 0.258. The van der Waals surface area contributed by atoms with Crippen LogP contribution >= 0.6 is 22.9 Å². The molecule has 7 nitrogen and oxygen atoms in total. The SMILES string of the molecule is COc1cc(/C=C/C(=O)c2cccc(-n3cc(-c4ccc(Cl)s4)[nH]c3=O)c2)cc(CO)c1CO. The number of ketones is 1. The van der Waals surface area contributed by atoms with Crippen molar-refractivity contribution in [3.63, 3.8) is 0 Å². The van der Waals surface area contributed by atoms with Crippen molar-refractivity contribution in [2.24, 2.45) is 0 Å². The van der Waals surface area contributed by atoms with Crippen LogP contribution in [0.1, 0.15) is 27.0 Å². The molecule has 9 heteroatoms. The molecule has 4 aromatic rings. The Hall–Kier alpha value is -3.43. The minimum atomic E-state index is -0.327. The zero-order valence-electron chi connectivity index (χ0n) is 18.1. The summed E-state index contributed by atoms with van der Waals surface area (Å²) >= 11 is 7.36. The van der Waals surface area contributed by atoms with Crippen LogP contribution in [0.2, 0.25) is 4.34 Å². The Kier molecular flexibility index (Phi) is 7.14. The first kappa shape index (κ1) is 23.7. The molecule has 0 unspecified atom stereocenters. The van der Waals surface area contributed by atoms with E-state index in [1.54, 1.807) is 54.7 Å². The third-order valence-electron chi connectivity index (χ3n) is 5.27. The number of carbonyl (C=O) groups is 1. The van der Waals surface area contributed by atoms with Crippen molar-refractivity contribution in [1.82, 2.24) is 9.55 Å². The first-order valence-corrected chi connectivity index (χ1v) is 11.4. The second kappa shape index (κ2) is 10.2. The number of H-pyrrole nitrogens is 1. The summed E-state index contributed by atoms with van der Waals surface area (Å²) in [5, 5.41) is 19.1. The zero-order valence-corrected chi connectivity index (χ0v) is 19.7. The molecule has 0 aliphatic heterocycles. The Morgan fingerprint density at radius 3 is 2.68 bits per heavy atom. The predicted molar refractivity (Wildman–Crippen MR) is 133 cm³/mol. The number of imidazole rings is 1. The number of hydrogen-bond donors (Lipinski definition) is 3. The highest BCUT2D eigenvalue weighted by Gasteiger charge is 2.12. The third-order valence-corrected chi connectivity index (χ3v) is 6.53. The lowest BCUT2D eigenvalue weighted by Gasteiger charge is -2.12. The number of carbonyl (C=O) groups excluding carboxylic acids is 1.